The molecule has 0 aromatic heterocycles. The molecule has 0 radical (unpaired) electrons. The summed E-state index contributed by atoms with van der Waals surface area (Å²) in [7, 11) is 0. The van der Waals surface area contributed by atoms with Crippen LogP contribution in [-0.2, 0) is 16.0 Å². The van der Waals surface area contributed by atoms with E-state index in [9.17, 15) is 18.4 Å². The highest BCUT2D eigenvalue weighted by molar-refractivity contribution is 5.99. The minimum absolute atomic E-state index is 0.212. The van der Waals surface area contributed by atoms with Gasteiger partial charge in [0.05, 0.1) is 11.8 Å². The number of hydrogen-bond acceptors (Lipinski definition) is 2. The molecule has 0 saturated heterocycles. The lowest BCUT2D eigenvalue weighted by atomic mass is 10.1. The first-order valence-corrected chi connectivity index (χ1v) is 8.12. The summed E-state index contributed by atoms with van der Waals surface area (Å²) in [6.07, 6.45) is 0.859. The summed E-state index contributed by atoms with van der Waals surface area (Å²) in [6, 6.07) is 12.0. The van der Waals surface area contributed by atoms with Crippen LogP contribution in [0.25, 0.3) is 0 Å². The largest absolute Gasteiger partial charge is 0.356 e. The first kappa shape index (κ1) is 17.1. The van der Waals surface area contributed by atoms with E-state index in [0.29, 0.717) is 30.6 Å². The van der Waals surface area contributed by atoms with Crippen molar-refractivity contribution in [3.05, 3.63) is 65.7 Å². The molecule has 6 heteroatoms. The van der Waals surface area contributed by atoms with E-state index < -0.39 is 11.7 Å². The number of rotatable bonds is 6. The van der Waals surface area contributed by atoms with E-state index in [4.69, 9.17) is 0 Å². The van der Waals surface area contributed by atoms with E-state index in [0.717, 1.165) is 0 Å². The van der Waals surface area contributed by atoms with Crippen molar-refractivity contribution >= 4 is 17.5 Å². The normalized spacial score (nSPS) is 18.5. The van der Waals surface area contributed by atoms with Gasteiger partial charge in [0.25, 0.3) is 0 Å². The zero-order valence-electron chi connectivity index (χ0n) is 13.5. The fourth-order valence-corrected chi connectivity index (χ4v) is 2.73. The lowest BCUT2D eigenvalue weighted by Crippen LogP contribution is -2.29. The van der Waals surface area contributed by atoms with Gasteiger partial charge in [-0.2, -0.15) is 0 Å². The molecule has 0 bridgehead atoms. The third-order valence-electron chi connectivity index (χ3n) is 4.21. The third-order valence-corrected chi connectivity index (χ3v) is 4.21. The summed E-state index contributed by atoms with van der Waals surface area (Å²) in [5.41, 5.74) is 0.912. The van der Waals surface area contributed by atoms with Gasteiger partial charge in [-0.05, 0) is 42.7 Å². The molecule has 1 aliphatic rings. The summed E-state index contributed by atoms with van der Waals surface area (Å²) >= 11 is 0. The molecule has 0 spiro atoms. The van der Waals surface area contributed by atoms with Crippen LogP contribution in [-0.4, -0.2) is 18.4 Å². The summed E-state index contributed by atoms with van der Waals surface area (Å²) in [5, 5.41) is 5.34. The Labute approximate surface area is 144 Å². The van der Waals surface area contributed by atoms with Crippen LogP contribution in [0.5, 0.6) is 0 Å². The lowest BCUT2D eigenvalue weighted by Gasteiger charge is -2.07. The van der Waals surface area contributed by atoms with E-state index in [-0.39, 0.29) is 23.5 Å². The van der Waals surface area contributed by atoms with E-state index in [1.165, 1.54) is 24.3 Å². The number of hydrogen-bond donors (Lipinski definition) is 2. The second-order valence-corrected chi connectivity index (χ2v) is 6.08. The van der Waals surface area contributed by atoms with Gasteiger partial charge in [-0.1, -0.05) is 24.3 Å². The summed E-state index contributed by atoms with van der Waals surface area (Å²) in [4.78, 5) is 24.1. The van der Waals surface area contributed by atoms with Crippen LogP contribution in [0.2, 0.25) is 0 Å². The zero-order chi connectivity index (χ0) is 17.8. The number of nitrogens with one attached hydrogen (secondary N) is 2. The van der Waals surface area contributed by atoms with Gasteiger partial charge in [-0.15, -0.1) is 0 Å². The molecule has 2 aromatic rings. The van der Waals surface area contributed by atoms with Crippen LogP contribution in [0.4, 0.5) is 14.5 Å². The van der Waals surface area contributed by atoms with Crippen molar-refractivity contribution in [2.75, 3.05) is 11.9 Å². The van der Waals surface area contributed by atoms with Gasteiger partial charge in [0.1, 0.15) is 11.6 Å². The average molecular weight is 344 g/mol. The molecule has 25 heavy (non-hydrogen) atoms. The van der Waals surface area contributed by atoms with Crippen LogP contribution in [0, 0.1) is 23.5 Å². The van der Waals surface area contributed by atoms with Crippen molar-refractivity contribution in [1.29, 1.82) is 0 Å². The molecule has 2 unspecified atom stereocenters. The number of halogens is 2. The van der Waals surface area contributed by atoms with Gasteiger partial charge in [0.2, 0.25) is 11.8 Å². The van der Waals surface area contributed by atoms with Crippen LogP contribution >= 0.6 is 0 Å². The Morgan fingerprint density at radius 2 is 1.76 bits per heavy atom. The van der Waals surface area contributed by atoms with Gasteiger partial charge in [-0.3, -0.25) is 9.59 Å². The van der Waals surface area contributed by atoms with Gasteiger partial charge in [0, 0.05) is 12.2 Å². The molecular weight excluding hydrogens is 326 g/mol. The highest BCUT2D eigenvalue weighted by atomic mass is 19.1. The molecular formula is C19H18F2N2O2. The number of amides is 2. The van der Waals surface area contributed by atoms with E-state index in [2.05, 4.69) is 10.6 Å². The Morgan fingerprint density at radius 3 is 2.52 bits per heavy atom. The van der Waals surface area contributed by atoms with Crippen LogP contribution in [0.1, 0.15) is 12.0 Å². The molecule has 1 saturated carbocycles. The summed E-state index contributed by atoms with van der Waals surface area (Å²) in [5.74, 6) is -2.02. The van der Waals surface area contributed by atoms with Crippen molar-refractivity contribution in [1.82, 2.24) is 5.32 Å². The number of carbonyl (C=O) groups excluding carboxylic acids is 2. The van der Waals surface area contributed by atoms with Gasteiger partial charge in [-0.25, -0.2) is 8.78 Å². The second-order valence-electron chi connectivity index (χ2n) is 6.08. The van der Waals surface area contributed by atoms with Crippen molar-refractivity contribution in [2.24, 2.45) is 11.8 Å². The molecule has 130 valence electrons. The number of anilines is 1. The van der Waals surface area contributed by atoms with Gasteiger partial charge < -0.3 is 10.6 Å². The molecule has 2 aromatic carbocycles. The van der Waals surface area contributed by atoms with Crippen molar-refractivity contribution in [3.63, 3.8) is 0 Å². The first-order valence-electron chi connectivity index (χ1n) is 8.12. The van der Waals surface area contributed by atoms with Crippen molar-refractivity contribution < 1.29 is 18.4 Å². The molecule has 4 nitrogen and oxygen atoms in total. The zero-order valence-corrected chi connectivity index (χ0v) is 13.5. The summed E-state index contributed by atoms with van der Waals surface area (Å²) < 4.78 is 26.6. The molecule has 0 heterocycles. The van der Waals surface area contributed by atoms with E-state index >= 15 is 0 Å². The molecule has 3 rings (SSSR count). The molecule has 2 amide bonds. The van der Waals surface area contributed by atoms with Crippen molar-refractivity contribution in [2.45, 2.75) is 12.8 Å². The molecule has 2 N–H and O–H groups in total. The molecule has 1 aliphatic carbocycles. The Kier molecular flexibility index (Phi) is 5.07. The molecule has 2 atom stereocenters. The number of benzene rings is 2. The maximum absolute atomic E-state index is 13.5. The van der Waals surface area contributed by atoms with Crippen LogP contribution in [0.15, 0.2) is 48.5 Å². The first-order chi connectivity index (χ1) is 12.0. The minimum atomic E-state index is -0.434. The van der Waals surface area contributed by atoms with E-state index in [1.54, 1.807) is 24.3 Å². The third kappa shape index (κ3) is 4.41. The Morgan fingerprint density at radius 1 is 1.00 bits per heavy atom. The molecule has 0 aliphatic heterocycles. The maximum atomic E-state index is 13.5. The van der Waals surface area contributed by atoms with Gasteiger partial charge >= 0.3 is 0 Å². The smallest absolute Gasteiger partial charge is 0.228 e. The highest BCUT2D eigenvalue weighted by Gasteiger charge is 2.47. The lowest BCUT2D eigenvalue weighted by molar-refractivity contribution is -0.125. The predicted molar refractivity (Wildman–Crippen MR) is 89.7 cm³/mol. The van der Waals surface area contributed by atoms with Crippen LogP contribution in [0.3, 0.4) is 0 Å². The minimum Gasteiger partial charge on any atom is -0.356 e. The topological polar surface area (TPSA) is 58.2 Å². The van der Waals surface area contributed by atoms with Gasteiger partial charge in [0.15, 0.2) is 0 Å². The summed E-state index contributed by atoms with van der Waals surface area (Å²) in [6.45, 7) is 0.314. The fraction of sp³-hybridized carbons (Fsp3) is 0.263. The SMILES string of the molecule is O=C(NCCc1ccccc1F)C1CC1C(=O)Nc1cccc(F)c1. The number of carbonyl (C=O) groups is 2. The second kappa shape index (κ2) is 7.42. The fourth-order valence-electron chi connectivity index (χ4n) is 2.73. The molecule has 1 fully saturated rings. The monoisotopic (exact) mass is 344 g/mol. The average Bonchev–Trinajstić information content (AvgIpc) is 3.37. The van der Waals surface area contributed by atoms with E-state index in [1.807, 2.05) is 0 Å². The standard InChI is InChI=1S/C19H18F2N2O2/c20-13-5-3-6-14(10-13)23-19(25)16-11-15(16)18(24)22-9-8-12-4-1-2-7-17(12)21/h1-7,10,15-16H,8-9,11H2,(H,22,24)(H,23,25). The quantitative estimate of drug-likeness (QED) is 0.847. The van der Waals surface area contributed by atoms with Crippen molar-refractivity contribution in [3.8, 4) is 0 Å². The van der Waals surface area contributed by atoms with Crippen LogP contribution < -0.4 is 10.6 Å². The Bertz CT molecular complexity index is 794. The Balaban J connectivity index is 1.44. The maximum Gasteiger partial charge on any atom is 0.228 e. The predicted octanol–water partition coefficient (Wildman–Crippen LogP) is 2.90. The highest BCUT2D eigenvalue weighted by Crippen LogP contribution is 2.39. The Hall–Kier alpha value is -2.76.